The number of benzene rings is 1. The van der Waals surface area contributed by atoms with Crippen molar-refractivity contribution in [1.29, 1.82) is 0 Å². The molecule has 0 saturated heterocycles. The van der Waals surface area contributed by atoms with E-state index in [4.69, 9.17) is 0 Å². The zero-order valence-electron chi connectivity index (χ0n) is 20.5. The summed E-state index contributed by atoms with van der Waals surface area (Å²) in [5.41, 5.74) is 0.463. The van der Waals surface area contributed by atoms with Crippen molar-refractivity contribution in [2.45, 2.75) is 111 Å². The summed E-state index contributed by atoms with van der Waals surface area (Å²) < 4.78 is 0. The third-order valence-electron chi connectivity index (χ3n) is 6.06. The lowest BCUT2D eigenvalue weighted by Gasteiger charge is -2.33. The highest BCUT2D eigenvalue weighted by Crippen LogP contribution is 2.43. The molecule has 0 heterocycles. The molecule has 2 N–H and O–H groups in total. The fourth-order valence-corrected chi connectivity index (χ4v) is 4.41. The molecule has 6 heteroatoms. The van der Waals surface area contributed by atoms with Crippen molar-refractivity contribution >= 4 is 5.97 Å². The number of nitrogens with zero attached hydrogens (tertiary/aromatic N) is 1. The Balaban J connectivity index is 3.65. The third-order valence-corrected chi connectivity index (χ3v) is 6.06. The molecule has 0 spiro atoms. The molecule has 31 heavy (non-hydrogen) atoms. The lowest BCUT2D eigenvalue weighted by molar-refractivity contribution is -0.527. The Hall–Kier alpha value is -2.11. The first kappa shape index (κ1) is 26.9. The molecule has 0 saturated carbocycles. The zero-order chi connectivity index (χ0) is 24.2. The van der Waals surface area contributed by atoms with Crippen molar-refractivity contribution in [1.82, 2.24) is 0 Å². The van der Waals surface area contributed by atoms with Crippen LogP contribution >= 0.6 is 0 Å². The van der Waals surface area contributed by atoms with Crippen molar-refractivity contribution in [2.75, 3.05) is 0 Å². The number of hydrogen-bond donors (Lipinski definition) is 2. The molecule has 0 bridgehead atoms. The Morgan fingerprint density at radius 3 is 1.84 bits per heavy atom. The van der Waals surface area contributed by atoms with Crippen LogP contribution in [-0.2, 0) is 22.0 Å². The second-order valence-electron chi connectivity index (χ2n) is 11.0. The maximum absolute atomic E-state index is 12.5. The van der Waals surface area contributed by atoms with Crippen LogP contribution in [-0.4, -0.2) is 27.1 Å². The Morgan fingerprint density at radius 1 is 1.03 bits per heavy atom. The van der Waals surface area contributed by atoms with Crippen LogP contribution in [0.2, 0.25) is 0 Å². The minimum absolute atomic E-state index is 0.00753. The predicted octanol–water partition coefficient (Wildman–Crippen LogP) is 6.24. The lowest BCUT2D eigenvalue weighted by Crippen LogP contribution is -2.39. The van der Waals surface area contributed by atoms with Gasteiger partial charge in [0.05, 0.1) is 5.41 Å². The number of carbonyl (C=O) groups is 1. The average Bonchev–Trinajstić information content (AvgIpc) is 2.60. The van der Waals surface area contributed by atoms with E-state index in [0.717, 1.165) is 16.7 Å². The number of rotatable bonds is 10. The quantitative estimate of drug-likeness (QED) is 0.335. The second kappa shape index (κ2) is 10.0. The van der Waals surface area contributed by atoms with E-state index in [9.17, 15) is 25.1 Å². The van der Waals surface area contributed by atoms with Crippen molar-refractivity contribution in [3.05, 3.63) is 38.9 Å². The van der Waals surface area contributed by atoms with Crippen molar-refractivity contribution in [3.63, 3.8) is 0 Å². The summed E-state index contributed by atoms with van der Waals surface area (Å²) >= 11 is 0. The monoisotopic (exact) mass is 435 g/mol. The Labute approximate surface area is 187 Å². The van der Waals surface area contributed by atoms with Crippen LogP contribution in [0.25, 0.3) is 0 Å². The lowest BCUT2D eigenvalue weighted by atomic mass is 9.71. The predicted molar refractivity (Wildman–Crippen MR) is 124 cm³/mol. The summed E-state index contributed by atoms with van der Waals surface area (Å²) in [5, 5.41) is 32.9. The molecule has 6 nitrogen and oxygen atoms in total. The summed E-state index contributed by atoms with van der Waals surface area (Å²) in [6, 6.07) is 2.90. The van der Waals surface area contributed by atoms with Crippen LogP contribution in [0, 0.1) is 15.5 Å². The van der Waals surface area contributed by atoms with Gasteiger partial charge in [-0.05, 0) is 46.8 Å². The molecule has 0 fully saturated rings. The Kier molecular flexibility index (Phi) is 8.69. The second-order valence-corrected chi connectivity index (χ2v) is 11.0. The van der Waals surface area contributed by atoms with Gasteiger partial charge in [0.25, 0.3) is 0 Å². The summed E-state index contributed by atoms with van der Waals surface area (Å²) in [5.74, 6) is -0.741. The van der Waals surface area contributed by atoms with Gasteiger partial charge < -0.3 is 10.2 Å². The third kappa shape index (κ3) is 6.68. The van der Waals surface area contributed by atoms with Gasteiger partial charge in [-0.1, -0.05) is 73.9 Å². The molecule has 2 unspecified atom stereocenters. The standard InChI is InChI=1S/C25H41NO5/c1-9-11-18(26(30)31)16-25(12-10-2,22(28)29)15-17-13-19(23(3,4)5)21(27)20(14-17)24(6,7)8/h13-14,18,27H,9-12,15-16H2,1-8H3,(H,28,29). The first-order valence-electron chi connectivity index (χ1n) is 11.3. The molecule has 176 valence electrons. The fourth-order valence-electron chi connectivity index (χ4n) is 4.41. The first-order valence-corrected chi connectivity index (χ1v) is 11.3. The van der Waals surface area contributed by atoms with E-state index in [1.54, 1.807) is 0 Å². The highest BCUT2D eigenvalue weighted by atomic mass is 16.6. The van der Waals surface area contributed by atoms with Gasteiger partial charge in [-0.15, -0.1) is 0 Å². The molecule has 0 amide bonds. The number of phenolic OH excluding ortho intramolecular Hbond substituents is 1. The molecule has 2 atom stereocenters. The van der Waals surface area contributed by atoms with E-state index in [1.165, 1.54) is 0 Å². The molecule has 0 radical (unpaired) electrons. The van der Waals surface area contributed by atoms with Crippen molar-refractivity contribution in [2.24, 2.45) is 5.41 Å². The van der Waals surface area contributed by atoms with Crippen LogP contribution in [0.5, 0.6) is 5.75 Å². The van der Waals surface area contributed by atoms with Gasteiger partial charge in [-0.3, -0.25) is 14.9 Å². The van der Waals surface area contributed by atoms with E-state index in [2.05, 4.69) is 0 Å². The smallest absolute Gasteiger partial charge is 0.310 e. The Morgan fingerprint density at radius 2 is 1.52 bits per heavy atom. The fraction of sp³-hybridized carbons (Fsp3) is 0.720. The molecule has 1 aromatic carbocycles. The molecule has 0 aliphatic heterocycles. The molecular formula is C25H41NO5. The number of phenols is 1. The number of carboxylic acid groups (broad SMARTS) is 1. The van der Waals surface area contributed by atoms with Gasteiger partial charge in [0.15, 0.2) is 0 Å². The number of carboxylic acids is 1. The summed E-state index contributed by atoms with van der Waals surface area (Å²) in [6.45, 7) is 15.9. The highest BCUT2D eigenvalue weighted by Gasteiger charge is 2.43. The molecular weight excluding hydrogens is 394 g/mol. The van der Waals surface area contributed by atoms with E-state index in [-0.39, 0.29) is 34.3 Å². The molecule has 1 rings (SSSR count). The SMILES string of the molecule is CCCC(CC(CCC)(Cc1cc(C(C)(C)C)c(O)c(C(C)(C)C)c1)C(=O)O)[N+](=O)[O-]. The van der Waals surface area contributed by atoms with Crippen LogP contribution in [0.15, 0.2) is 12.1 Å². The van der Waals surface area contributed by atoms with Crippen molar-refractivity contribution in [3.8, 4) is 5.75 Å². The normalized spacial score (nSPS) is 15.4. The minimum Gasteiger partial charge on any atom is -0.507 e. The first-order chi connectivity index (χ1) is 14.1. The van der Waals surface area contributed by atoms with Crippen LogP contribution in [0.1, 0.15) is 104 Å². The maximum Gasteiger partial charge on any atom is 0.310 e. The molecule has 0 aliphatic carbocycles. The highest BCUT2D eigenvalue weighted by molar-refractivity contribution is 5.75. The van der Waals surface area contributed by atoms with E-state index < -0.39 is 17.4 Å². The summed E-state index contributed by atoms with van der Waals surface area (Å²) in [6.07, 6.45) is 2.20. The van der Waals surface area contributed by atoms with Crippen LogP contribution in [0.4, 0.5) is 0 Å². The number of aromatic hydroxyl groups is 1. The zero-order valence-corrected chi connectivity index (χ0v) is 20.5. The van der Waals surface area contributed by atoms with E-state index >= 15 is 0 Å². The average molecular weight is 436 g/mol. The van der Waals surface area contributed by atoms with E-state index in [1.807, 2.05) is 67.5 Å². The number of nitro groups is 1. The molecule has 1 aromatic rings. The Bertz CT molecular complexity index is 753. The van der Waals surface area contributed by atoms with E-state index in [0.29, 0.717) is 25.7 Å². The van der Waals surface area contributed by atoms with Crippen LogP contribution < -0.4 is 0 Å². The molecule has 0 aromatic heterocycles. The van der Waals surface area contributed by atoms with Gasteiger partial charge in [0.2, 0.25) is 6.04 Å². The maximum atomic E-state index is 12.5. The van der Waals surface area contributed by atoms with Gasteiger partial charge >= 0.3 is 5.97 Å². The number of aliphatic carboxylic acids is 1. The minimum atomic E-state index is -1.22. The topological polar surface area (TPSA) is 101 Å². The van der Waals surface area contributed by atoms with Gasteiger partial charge in [0, 0.05) is 17.8 Å². The van der Waals surface area contributed by atoms with Gasteiger partial charge in [-0.2, -0.15) is 0 Å². The van der Waals surface area contributed by atoms with Crippen LogP contribution in [0.3, 0.4) is 0 Å². The summed E-state index contributed by atoms with van der Waals surface area (Å²) in [7, 11) is 0. The number of hydrogen-bond acceptors (Lipinski definition) is 4. The molecule has 0 aliphatic rings. The van der Waals surface area contributed by atoms with Gasteiger partial charge in [-0.25, -0.2) is 0 Å². The van der Waals surface area contributed by atoms with Gasteiger partial charge in [0.1, 0.15) is 5.75 Å². The van der Waals surface area contributed by atoms with Crippen molar-refractivity contribution < 1.29 is 19.9 Å². The summed E-state index contributed by atoms with van der Waals surface area (Å²) in [4.78, 5) is 23.9. The largest absolute Gasteiger partial charge is 0.507 e.